The van der Waals surface area contributed by atoms with E-state index < -0.39 is 29.7 Å². The fourth-order valence-electron chi connectivity index (χ4n) is 4.98. The number of H-pyrrole nitrogens is 1. The summed E-state index contributed by atoms with van der Waals surface area (Å²) in [6.45, 7) is 10.0. The third kappa shape index (κ3) is 5.33. The van der Waals surface area contributed by atoms with E-state index in [2.05, 4.69) is 15.6 Å². The third-order valence-corrected chi connectivity index (χ3v) is 7.06. The number of nitrogens with zero attached hydrogens (tertiary/aromatic N) is 3. The number of carbonyl (C=O) groups excluding carboxylic acids is 3. The maximum Gasteiger partial charge on any atom is 0.410 e. The van der Waals surface area contributed by atoms with Gasteiger partial charge in [0.1, 0.15) is 23.5 Å². The van der Waals surface area contributed by atoms with Crippen LogP contribution in [0.2, 0.25) is 0 Å². The van der Waals surface area contributed by atoms with E-state index in [1.165, 1.54) is 11.9 Å². The van der Waals surface area contributed by atoms with Gasteiger partial charge in [-0.2, -0.15) is 0 Å². The molecule has 2 saturated heterocycles. The Bertz CT molecular complexity index is 1140. The first-order valence-electron chi connectivity index (χ1n) is 12.7. The molecule has 4 rings (SSSR count). The average Bonchev–Trinajstić information content (AvgIpc) is 3.42. The zero-order chi connectivity index (χ0) is 26.2. The molecule has 0 saturated carbocycles. The molecule has 2 aliphatic heterocycles. The minimum Gasteiger partial charge on any atom is -0.444 e. The lowest BCUT2D eigenvalue weighted by Crippen LogP contribution is -2.59. The molecular weight excluding hydrogens is 460 g/mol. The number of fused-ring (bicyclic) bond motifs is 2. The van der Waals surface area contributed by atoms with Gasteiger partial charge >= 0.3 is 6.09 Å². The van der Waals surface area contributed by atoms with Crippen molar-refractivity contribution >= 4 is 28.9 Å². The van der Waals surface area contributed by atoms with Crippen LogP contribution in [0, 0.1) is 6.92 Å². The second kappa shape index (κ2) is 10.1. The van der Waals surface area contributed by atoms with Crippen LogP contribution >= 0.6 is 0 Å². The molecule has 3 heterocycles. The second-order valence-corrected chi connectivity index (χ2v) is 10.9. The molecule has 4 atom stereocenters. The Morgan fingerprint density at radius 3 is 2.69 bits per heavy atom. The molecule has 0 aliphatic carbocycles. The summed E-state index contributed by atoms with van der Waals surface area (Å²) in [5.74, 6) is 0.245. The summed E-state index contributed by atoms with van der Waals surface area (Å²) in [6.07, 6.45) is 1.95. The van der Waals surface area contributed by atoms with Crippen molar-refractivity contribution in [2.75, 3.05) is 20.1 Å². The highest BCUT2D eigenvalue weighted by atomic mass is 16.6. The average molecular weight is 499 g/mol. The van der Waals surface area contributed by atoms with E-state index in [-0.39, 0.29) is 18.0 Å². The molecular formula is C26H38N6O4. The molecule has 2 aliphatic rings. The highest BCUT2D eigenvalue weighted by molar-refractivity contribution is 5.91. The van der Waals surface area contributed by atoms with E-state index in [0.29, 0.717) is 6.54 Å². The highest BCUT2D eigenvalue weighted by Crippen LogP contribution is 2.38. The van der Waals surface area contributed by atoms with E-state index in [1.54, 1.807) is 27.7 Å². The van der Waals surface area contributed by atoms with Crippen LogP contribution < -0.4 is 10.6 Å². The van der Waals surface area contributed by atoms with Crippen molar-refractivity contribution in [2.24, 2.45) is 0 Å². The minimum absolute atomic E-state index is 0.0749. The Hall–Kier alpha value is -3.14. The van der Waals surface area contributed by atoms with Gasteiger partial charge in [-0.3, -0.25) is 14.5 Å². The molecule has 0 radical (unpaired) electrons. The van der Waals surface area contributed by atoms with Crippen molar-refractivity contribution in [3.8, 4) is 0 Å². The van der Waals surface area contributed by atoms with Crippen molar-refractivity contribution < 1.29 is 19.1 Å². The van der Waals surface area contributed by atoms with Gasteiger partial charge in [-0.15, -0.1) is 0 Å². The number of hydrogen-bond acceptors (Lipinski definition) is 6. The fourth-order valence-corrected chi connectivity index (χ4v) is 4.98. The van der Waals surface area contributed by atoms with Gasteiger partial charge in [-0.05, 0) is 72.1 Å². The number of ether oxygens (including phenoxy) is 1. The predicted molar refractivity (Wildman–Crippen MR) is 136 cm³/mol. The van der Waals surface area contributed by atoms with E-state index in [1.807, 2.05) is 30.0 Å². The number of amides is 3. The predicted octanol–water partition coefficient (Wildman–Crippen LogP) is 2.64. The molecule has 3 amide bonds. The van der Waals surface area contributed by atoms with Gasteiger partial charge < -0.3 is 25.3 Å². The summed E-state index contributed by atoms with van der Waals surface area (Å²) < 4.78 is 5.38. The molecule has 10 nitrogen and oxygen atoms in total. The Labute approximate surface area is 212 Å². The molecule has 2 fully saturated rings. The van der Waals surface area contributed by atoms with Gasteiger partial charge in [0, 0.05) is 19.6 Å². The first-order valence-corrected chi connectivity index (χ1v) is 12.7. The van der Waals surface area contributed by atoms with Crippen molar-refractivity contribution in [3.63, 3.8) is 0 Å². The topological polar surface area (TPSA) is 120 Å². The standard InChI is InChI=1S/C26H38N6O4/c1-15-8-7-9-18-21(15)30-22(28-18)20-11-10-17-12-13-27-14-19(24(34)32(17)20)29-23(33)16(2)31(6)25(35)36-26(3,4)5/h7-9,16-17,19-20,27H,10-14H2,1-6H3,(H,28,30)(H,29,33)/t16-,17+,19-,20-/m0/s1. The summed E-state index contributed by atoms with van der Waals surface area (Å²) in [7, 11) is 1.52. The van der Waals surface area contributed by atoms with E-state index in [0.717, 1.165) is 48.2 Å². The number of nitrogens with one attached hydrogen (secondary N) is 3. The number of hydrogen-bond donors (Lipinski definition) is 3. The van der Waals surface area contributed by atoms with Gasteiger partial charge in [0.25, 0.3) is 0 Å². The first-order chi connectivity index (χ1) is 17.0. The lowest BCUT2D eigenvalue weighted by Gasteiger charge is -2.36. The Morgan fingerprint density at radius 1 is 1.25 bits per heavy atom. The van der Waals surface area contributed by atoms with Crippen molar-refractivity contribution in [1.29, 1.82) is 0 Å². The first kappa shape index (κ1) is 25.9. The SMILES string of the molecule is Cc1cccc2[nH]c([C@@H]3CC[C@@H]4CCNC[C@H](NC(=O)[C@H](C)N(C)C(=O)OC(C)(C)C)C(=O)N43)nc12. The number of benzene rings is 1. The molecule has 3 N–H and O–H groups in total. The molecule has 36 heavy (non-hydrogen) atoms. The van der Waals surface area contributed by atoms with E-state index in [9.17, 15) is 14.4 Å². The Morgan fingerprint density at radius 2 is 2.00 bits per heavy atom. The van der Waals surface area contributed by atoms with Gasteiger partial charge in [0.15, 0.2) is 0 Å². The van der Waals surface area contributed by atoms with Gasteiger partial charge in [0.2, 0.25) is 11.8 Å². The highest BCUT2D eigenvalue weighted by Gasteiger charge is 2.43. The summed E-state index contributed by atoms with van der Waals surface area (Å²) >= 11 is 0. The molecule has 0 unspecified atom stereocenters. The zero-order valence-electron chi connectivity index (χ0n) is 22.1. The molecule has 0 bridgehead atoms. The third-order valence-electron chi connectivity index (χ3n) is 7.06. The molecule has 1 aromatic carbocycles. The number of carbonyl (C=O) groups is 3. The zero-order valence-corrected chi connectivity index (χ0v) is 22.1. The monoisotopic (exact) mass is 498 g/mol. The largest absolute Gasteiger partial charge is 0.444 e. The van der Waals surface area contributed by atoms with Crippen LogP contribution in [0.25, 0.3) is 11.0 Å². The molecule has 1 aromatic heterocycles. The number of imidazole rings is 1. The van der Waals surface area contributed by atoms with Gasteiger partial charge in [-0.1, -0.05) is 12.1 Å². The number of rotatable bonds is 4. The van der Waals surface area contributed by atoms with Crippen LogP contribution in [0.1, 0.15) is 64.4 Å². The molecule has 0 spiro atoms. The van der Waals surface area contributed by atoms with Gasteiger partial charge in [0.05, 0.1) is 17.1 Å². The minimum atomic E-state index is -0.804. The lowest BCUT2D eigenvalue weighted by molar-refractivity contribution is -0.140. The van der Waals surface area contributed by atoms with Gasteiger partial charge in [-0.25, -0.2) is 9.78 Å². The number of para-hydroxylation sites is 1. The molecule has 196 valence electrons. The summed E-state index contributed by atoms with van der Waals surface area (Å²) in [4.78, 5) is 50.8. The second-order valence-electron chi connectivity index (χ2n) is 10.9. The molecule has 10 heteroatoms. The fraction of sp³-hybridized carbons (Fsp3) is 0.615. The van der Waals surface area contributed by atoms with Crippen LogP contribution in [0.5, 0.6) is 0 Å². The van der Waals surface area contributed by atoms with Crippen LogP contribution in [-0.2, 0) is 14.3 Å². The normalized spacial score (nSPS) is 23.6. The Balaban J connectivity index is 1.51. The maximum atomic E-state index is 13.8. The number of aromatic nitrogens is 2. The van der Waals surface area contributed by atoms with Crippen molar-refractivity contribution in [1.82, 2.24) is 30.4 Å². The number of aromatic amines is 1. The summed E-state index contributed by atoms with van der Waals surface area (Å²) in [5.41, 5.74) is 2.29. The molecule has 2 aromatic rings. The summed E-state index contributed by atoms with van der Waals surface area (Å²) in [5, 5.41) is 6.18. The van der Waals surface area contributed by atoms with E-state index in [4.69, 9.17) is 9.72 Å². The quantitative estimate of drug-likeness (QED) is 0.596. The number of aryl methyl sites for hydroxylation is 1. The Kier molecular flexibility index (Phi) is 7.26. The number of likely N-dealkylation sites (N-methyl/N-ethyl adjacent to an activating group) is 1. The van der Waals surface area contributed by atoms with E-state index >= 15 is 0 Å². The van der Waals surface area contributed by atoms with Crippen molar-refractivity contribution in [3.05, 3.63) is 29.6 Å². The summed E-state index contributed by atoms with van der Waals surface area (Å²) in [6, 6.07) is 4.36. The van der Waals surface area contributed by atoms with Crippen LogP contribution in [0.4, 0.5) is 4.79 Å². The van der Waals surface area contributed by atoms with Crippen LogP contribution in [0.3, 0.4) is 0 Å². The van der Waals surface area contributed by atoms with Crippen LogP contribution in [-0.4, -0.2) is 81.5 Å². The maximum absolute atomic E-state index is 13.8. The smallest absolute Gasteiger partial charge is 0.410 e. The van der Waals surface area contributed by atoms with Crippen molar-refractivity contribution in [2.45, 2.75) is 83.6 Å². The van der Waals surface area contributed by atoms with Crippen LogP contribution in [0.15, 0.2) is 18.2 Å². The lowest BCUT2D eigenvalue weighted by atomic mass is 10.1.